The Morgan fingerprint density at radius 1 is 1.16 bits per heavy atom. The molecule has 0 bridgehead atoms. The number of primary amides is 1. The van der Waals surface area contributed by atoms with E-state index in [1.165, 1.54) is 0 Å². The van der Waals surface area contributed by atoms with Gasteiger partial charge in [0.15, 0.2) is 11.5 Å². The van der Waals surface area contributed by atoms with E-state index in [4.69, 9.17) is 15.2 Å². The minimum atomic E-state index is -0.634. The summed E-state index contributed by atoms with van der Waals surface area (Å²) >= 11 is 0. The molecule has 4 N–H and O–H groups in total. The molecule has 2 aliphatic heterocycles. The van der Waals surface area contributed by atoms with Gasteiger partial charge in [-0.25, -0.2) is 10.2 Å². The Balaban J connectivity index is 1.77. The Morgan fingerprint density at radius 3 is 2.60 bits per heavy atom. The van der Waals surface area contributed by atoms with Crippen LogP contribution in [0.1, 0.15) is 16.7 Å². The normalized spacial score (nSPS) is 14.9. The number of anilines is 1. The molecule has 126 valence electrons. The number of hydrazone groups is 1. The van der Waals surface area contributed by atoms with E-state index in [1.54, 1.807) is 30.3 Å². The molecule has 0 fully saturated rings. The smallest absolute Gasteiger partial charge is 0.316 e. The highest BCUT2D eigenvalue weighted by Gasteiger charge is 2.24. The predicted octanol–water partition coefficient (Wildman–Crippen LogP) is 1.33. The summed E-state index contributed by atoms with van der Waals surface area (Å²) in [5.41, 5.74) is 11.2. The van der Waals surface area contributed by atoms with Crippen LogP contribution in [-0.4, -0.2) is 24.4 Å². The molecule has 0 atom stereocenters. The Morgan fingerprint density at radius 2 is 1.88 bits per heavy atom. The molecule has 0 saturated carbocycles. The van der Waals surface area contributed by atoms with Crippen LogP contribution in [0.2, 0.25) is 0 Å². The molecule has 0 saturated heterocycles. The third-order valence-corrected chi connectivity index (χ3v) is 3.92. The molecule has 4 rings (SSSR count). The summed E-state index contributed by atoms with van der Waals surface area (Å²) < 4.78 is 10.8. The molecule has 2 aromatic carbocycles. The predicted molar refractivity (Wildman–Crippen MR) is 89.7 cm³/mol. The van der Waals surface area contributed by atoms with Gasteiger partial charge in [-0.05, 0) is 29.8 Å². The van der Waals surface area contributed by atoms with Crippen molar-refractivity contribution >= 4 is 23.3 Å². The van der Waals surface area contributed by atoms with Crippen LogP contribution in [0, 0.1) is 0 Å². The van der Waals surface area contributed by atoms with E-state index in [-0.39, 0.29) is 19.1 Å². The summed E-state index contributed by atoms with van der Waals surface area (Å²) in [5, 5.41) is 6.74. The minimum Gasteiger partial charge on any atom is -0.454 e. The standard InChI is InChI=1S/C17H14N4O4/c18-17(23)19-11-3-1-9(2-4-11)16-12-7-14-13(24-8-25-14)5-10(12)6-15(22)20-21-16/h1-5,7H,6,8H2,(H,20,22)(H3,18,19,23). The van der Waals surface area contributed by atoms with Gasteiger partial charge >= 0.3 is 6.03 Å². The molecular formula is C17H14N4O4. The number of hydrogen-bond donors (Lipinski definition) is 3. The number of carbonyl (C=O) groups excluding carboxylic acids is 2. The molecule has 0 aromatic heterocycles. The lowest BCUT2D eigenvalue weighted by molar-refractivity contribution is -0.120. The number of rotatable bonds is 2. The Bertz CT molecular complexity index is 906. The fourth-order valence-electron chi connectivity index (χ4n) is 2.82. The molecule has 2 aliphatic rings. The maximum Gasteiger partial charge on any atom is 0.316 e. The summed E-state index contributed by atoms with van der Waals surface area (Å²) in [7, 11) is 0. The van der Waals surface area contributed by atoms with Crippen molar-refractivity contribution in [1.82, 2.24) is 5.43 Å². The molecule has 2 aromatic rings. The highest BCUT2D eigenvalue weighted by Crippen LogP contribution is 2.36. The fraction of sp³-hybridized carbons (Fsp3) is 0.118. The Hall–Kier alpha value is -3.55. The lowest BCUT2D eigenvalue weighted by atomic mass is 9.95. The second kappa shape index (κ2) is 5.82. The van der Waals surface area contributed by atoms with Crippen LogP contribution in [0.3, 0.4) is 0 Å². The molecular weight excluding hydrogens is 324 g/mol. The maximum absolute atomic E-state index is 11.9. The number of ether oxygens (including phenoxy) is 2. The van der Waals surface area contributed by atoms with Crippen molar-refractivity contribution < 1.29 is 19.1 Å². The third kappa shape index (κ3) is 2.85. The first-order valence-electron chi connectivity index (χ1n) is 7.56. The SMILES string of the molecule is NC(=O)Nc1ccc(C2=NNC(=O)Cc3cc4c(cc32)OCO4)cc1. The molecule has 8 heteroatoms. The largest absolute Gasteiger partial charge is 0.454 e. The van der Waals surface area contributed by atoms with Crippen LogP contribution < -0.4 is 25.9 Å². The number of carbonyl (C=O) groups is 2. The third-order valence-electron chi connectivity index (χ3n) is 3.92. The van der Waals surface area contributed by atoms with E-state index in [9.17, 15) is 9.59 Å². The minimum absolute atomic E-state index is 0.157. The van der Waals surface area contributed by atoms with Crippen LogP contribution in [-0.2, 0) is 11.2 Å². The van der Waals surface area contributed by atoms with Crippen LogP contribution in [0.15, 0.2) is 41.5 Å². The van der Waals surface area contributed by atoms with Crippen molar-refractivity contribution in [2.45, 2.75) is 6.42 Å². The second-order valence-electron chi connectivity index (χ2n) is 5.60. The van der Waals surface area contributed by atoms with E-state index in [0.717, 1.165) is 16.7 Å². The van der Waals surface area contributed by atoms with E-state index in [0.29, 0.717) is 22.9 Å². The van der Waals surface area contributed by atoms with Gasteiger partial charge in [0.25, 0.3) is 0 Å². The first-order valence-corrected chi connectivity index (χ1v) is 7.56. The molecule has 3 amide bonds. The molecule has 0 unspecified atom stereocenters. The van der Waals surface area contributed by atoms with Crippen molar-refractivity contribution in [1.29, 1.82) is 0 Å². The summed E-state index contributed by atoms with van der Waals surface area (Å²) in [4.78, 5) is 22.9. The molecule has 25 heavy (non-hydrogen) atoms. The van der Waals surface area contributed by atoms with Crippen molar-refractivity contribution in [2.24, 2.45) is 10.8 Å². The molecule has 0 radical (unpaired) electrons. The average Bonchev–Trinajstić information content (AvgIpc) is 2.96. The molecule has 8 nitrogen and oxygen atoms in total. The molecule has 2 heterocycles. The van der Waals surface area contributed by atoms with Crippen molar-refractivity contribution in [3.05, 3.63) is 53.1 Å². The zero-order valence-corrected chi connectivity index (χ0v) is 13.0. The van der Waals surface area contributed by atoms with Crippen molar-refractivity contribution in [2.75, 3.05) is 12.1 Å². The topological polar surface area (TPSA) is 115 Å². The van der Waals surface area contributed by atoms with Gasteiger partial charge in [-0.15, -0.1) is 0 Å². The zero-order valence-electron chi connectivity index (χ0n) is 13.0. The molecule has 0 spiro atoms. The van der Waals surface area contributed by atoms with Crippen molar-refractivity contribution in [3.8, 4) is 11.5 Å². The van der Waals surface area contributed by atoms with Crippen LogP contribution in [0.5, 0.6) is 11.5 Å². The van der Waals surface area contributed by atoms with E-state index >= 15 is 0 Å². The number of nitrogens with two attached hydrogens (primary N) is 1. The quantitative estimate of drug-likeness (QED) is 0.766. The van der Waals surface area contributed by atoms with Gasteiger partial charge < -0.3 is 20.5 Å². The summed E-state index contributed by atoms with van der Waals surface area (Å²) in [6.45, 7) is 0.157. The second-order valence-corrected chi connectivity index (χ2v) is 5.60. The number of benzene rings is 2. The zero-order chi connectivity index (χ0) is 17.4. The number of urea groups is 1. The molecule has 0 aliphatic carbocycles. The monoisotopic (exact) mass is 338 g/mol. The van der Waals surface area contributed by atoms with Gasteiger partial charge in [-0.2, -0.15) is 5.10 Å². The van der Waals surface area contributed by atoms with Gasteiger partial charge in [0, 0.05) is 16.8 Å². The number of nitrogens with one attached hydrogen (secondary N) is 2. The highest BCUT2D eigenvalue weighted by atomic mass is 16.7. The highest BCUT2D eigenvalue weighted by molar-refractivity contribution is 6.15. The summed E-state index contributed by atoms with van der Waals surface area (Å²) in [6.07, 6.45) is 0.195. The van der Waals surface area contributed by atoms with Crippen molar-refractivity contribution in [3.63, 3.8) is 0 Å². The lowest BCUT2D eigenvalue weighted by Gasteiger charge is -2.11. The fourth-order valence-corrected chi connectivity index (χ4v) is 2.82. The summed E-state index contributed by atoms with van der Waals surface area (Å²) in [5.74, 6) is 1.03. The first kappa shape index (κ1) is 15.0. The van der Waals surface area contributed by atoms with Crippen LogP contribution >= 0.6 is 0 Å². The van der Waals surface area contributed by atoms with Gasteiger partial charge in [0.05, 0.1) is 12.1 Å². The van der Waals surface area contributed by atoms with Gasteiger partial charge in [0.2, 0.25) is 12.7 Å². The number of nitrogens with zero attached hydrogens (tertiary/aromatic N) is 1. The van der Waals surface area contributed by atoms with Gasteiger partial charge in [0.1, 0.15) is 0 Å². The van der Waals surface area contributed by atoms with Gasteiger partial charge in [-0.1, -0.05) is 12.1 Å². The first-order chi connectivity index (χ1) is 12.1. The summed E-state index contributed by atoms with van der Waals surface area (Å²) in [6, 6.07) is 9.99. The Labute approximate surface area is 142 Å². The van der Waals surface area contributed by atoms with Crippen LogP contribution in [0.25, 0.3) is 0 Å². The van der Waals surface area contributed by atoms with Gasteiger partial charge in [-0.3, -0.25) is 4.79 Å². The van der Waals surface area contributed by atoms with Crippen LogP contribution in [0.4, 0.5) is 10.5 Å². The number of fused-ring (bicyclic) bond motifs is 2. The maximum atomic E-state index is 11.9. The number of amides is 3. The van der Waals surface area contributed by atoms with E-state index in [1.807, 2.05) is 6.07 Å². The average molecular weight is 338 g/mol. The van der Waals surface area contributed by atoms with E-state index < -0.39 is 6.03 Å². The van der Waals surface area contributed by atoms with E-state index in [2.05, 4.69) is 15.8 Å². The lowest BCUT2D eigenvalue weighted by Crippen LogP contribution is -2.19. The Kier molecular flexibility index (Phi) is 3.50. The number of hydrogen-bond acceptors (Lipinski definition) is 5.